The fourth-order valence-corrected chi connectivity index (χ4v) is 1.64. The summed E-state index contributed by atoms with van der Waals surface area (Å²) in [6.45, 7) is 0.809. The summed E-state index contributed by atoms with van der Waals surface area (Å²) in [7, 11) is 0. The first-order valence-electron chi connectivity index (χ1n) is 5.50. The van der Waals surface area contributed by atoms with E-state index in [1.165, 1.54) is 0 Å². The molecule has 0 aliphatic carbocycles. The van der Waals surface area contributed by atoms with Gasteiger partial charge in [-0.2, -0.15) is 0 Å². The summed E-state index contributed by atoms with van der Waals surface area (Å²) in [4.78, 5) is 22.6. The predicted molar refractivity (Wildman–Crippen MR) is 68.4 cm³/mol. The lowest BCUT2D eigenvalue weighted by Gasteiger charge is -2.10. The first kappa shape index (κ1) is 14.3. The molecule has 2 N–H and O–H groups in total. The number of nitrogens with one attached hydrogen (secondary N) is 2. The van der Waals surface area contributed by atoms with E-state index in [2.05, 4.69) is 10.6 Å². The molecule has 2 amide bonds. The monoisotopic (exact) mass is 270 g/mol. The second-order valence-electron chi connectivity index (χ2n) is 3.84. The van der Waals surface area contributed by atoms with Gasteiger partial charge in [0.15, 0.2) is 0 Å². The molecule has 0 aromatic heterocycles. The number of rotatable bonds is 3. The van der Waals surface area contributed by atoms with E-state index in [4.69, 9.17) is 4.74 Å². The Labute approximate surface area is 111 Å². The number of amides is 2. The average Bonchev–Trinajstić information content (AvgIpc) is 2.74. The van der Waals surface area contributed by atoms with Crippen molar-refractivity contribution in [3.63, 3.8) is 0 Å². The maximum Gasteiger partial charge on any atom is 0.408 e. The average molecular weight is 271 g/mol. The molecule has 6 heteroatoms. The SMILES string of the molecule is Cl.O=C(N[C@@H]1CCNC1=O)OCc1ccccc1. The third kappa shape index (κ3) is 3.92. The molecule has 0 radical (unpaired) electrons. The number of hydrogen-bond donors (Lipinski definition) is 2. The van der Waals surface area contributed by atoms with Crippen LogP contribution in [0.25, 0.3) is 0 Å². The first-order valence-corrected chi connectivity index (χ1v) is 5.50. The zero-order chi connectivity index (χ0) is 12.1. The number of carbonyl (C=O) groups is 2. The van der Waals surface area contributed by atoms with E-state index in [0.717, 1.165) is 5.56 Å². The van der Waals surface area contributed by atoms with Crippen molar-refractivity contribution in [1.29, 1.82) is 0 Å². The van der Waals surface area contributed by atoms with Gasteiger partial charge in [-0.3, -0.25) is 4.79 Å². The van der Waals surface area contributed by atoms with Crippen molar-refractivity contribution in [2.75, 3.05) is 6.54 Å². The van der Waals surface area contributed by atoms with E-state index in [1.54, 1.807) is 0 Å². The minimum atomic E-state index is -0.559. The van der Waals surface area contributed by atoms with Gasteiger partial charge in [-0.1, -0.05) is 30.3 Å². The zero-order valence-electron chi connectivity index (χ0n) is 9.72. The predicted octanol–water partition coefficient (Wildman–Crippen LogP) is 1.22. The molecule has 1 saturated heterocycles. The molecule has 18 heavy (non-hydrogen) atoms. The first-order chi connectivity index (χ1) is 8.25. The lowest BCUT2D eigenvalue weighted by Crippen LogP contribution is -2.40. The number of hydrogen-bond acceptors (Lipinski definition) is 3. The zero-order valence-corrected chi connectivity index (χ0v) is 10.5. The van der Waals surface area contributed by atoms with Gasteiger partial charge in [0.1, 0.15) is 12.6 Å². The Kier molecular flexibility index (Phi) is 5.45. The Morgan fingerprint density at radius 3 is 2.72 bits per heavy atom. The Morgan fingerprint density at radius 2 is 2.11 bits per heavy atom. The van der Waals surface area contributed by atoms with Crippen molar-refractivity contribution in [2.24, 2.45) is 0 Å². The lowest BCUT2D eigenvalue weighted by atomic mass is 10.2. The minimum Gasteiger partial charge on any atom is -0.445 e. The van der Waals surface area contributed by atoms with Crippen LogP contribution in [0.5, 0.6) is 0 Å². The highest BCUT2D eigenvalue weighted by molar-refractivity contribution is 5.87. The summed E-state index contributed by atoms with van der Waals surface area (Å²) in [5.41, 5.74) is 0.915. The van der Waals surface area contributed by atoms with Gasteiger partial charge in [0.25, 0.3) is 0 Å². The molecule has 1 heterocycles. The van der Waals surface area contributed by atoms with Crippen molar-refractivity contribution < 1.29 is 14.3 Å². The molecule has 0 bridgehead atoms. The van der Waals surface area contributed by atoms with Gasteiger partial charge in [-0.15, -0.1) is 12.4 Å². The van der Waals surface area contributed by atoms with Gasteiger partial charge in [0.2, 0.25) is 5.91 Å². The summed E-state index contributed by atoms with van der Waals surface area (Å²) in [5, 5.41) is 5.17. The Bertz CT molecular complexity index is 411. The molecule has 5 nitrogen and oxygen atoms in total. The summed E-state index contributed by atoms with van der Waals surface area (Å²) < 4.78 is 5.01. The highest BCUT2D eigenvalue weighted by Crippen LogP contribution is 2.03. The molecule has 1 fully saturated rings. The summed E-state index contributed by atoms with van der Waals surface area (Å²) in [5.74, 6) is -0.151. The standard InChI is InChI=1S/C12H14N2O3.ClH/c15-11-10(6-7-13-11)14-12(16)17-8-9-4-2-1-3-5-9;/h1-5,10H,6-8H2,(H,13,15)(H,14,16);1H/t10-;/m1./s1. The maximum absolute atomic E-state index is 11.4. The van der Waals surface area contributed by atoms with Crippen molar-refractivity contribution in [1.82, 2.24) is 10.6 Å². The second kappa shape index (κ2) is 6.86. The van der Waals surface area contributed by atoms with Crippen molar-refractivity contribution in [3.05, 3.63) is 35.9 Å². The molecule has 98 valence electrons. The van der Waals surface area contributed by atoms with E-state index >= 15 is 0 Å². The van der Waals surface area contributed by atoms with Crippen LogP contribution in [0.1, 0.15) is 12.0 Å². The van der Waals surface area contributed by atoms with E-state index in [-0.39, 0.29) is 24.9 Å². The van der Waals surface area contributed by atoms with E-state index in [9.17, 15) is 9.59 Å². The van der Waals surface area contributed by atoms with Crippen LogP contribution < -0.4 is 10.6 Å². The largest absolute Gasteiger partial charge is 0.445 e. The molecule has 1 aliphatic heterocycles. The Balaban J connectivity index is 0.00000162. The van der Waals surface area contributed by atoms with Crippen LogP contribution in [-0.2, 0) is 16.1 Å². The third-order valence-electron chi connectivity index (χ3n) is 2.55. The normalized spacial score (nSPS) is 17.6. The van der Waals surface area contributed by atoms with Crippen molar-refractivity contribution in [2.45, 2.75) is 19.1 Å². The van der Waals surface area contributed by atoms with Gasteiger partial charge in [-0.05, 0) is 12.0 Å². The molecule has 0 spiro atoms. The molecule has 1 atom stereocenters. The third-order valence-corrected chi connectivity index (χ3v) is 2.55. The molecular formula is C12H15ClN2O3. The Hall–Kier alpha value is -1.75. The van der Waals surface area contributed by atoms with Crippen LogP contribution in [0.2, 0.25) is 0 Å². The van der Waals surface area contributed by atoms with Crippen LogP contribution in [0.3, 0.4) is 0 Å². The van der Waals surface area contributed by atoms with Crippen molar-refractivity contribution in [3.8, 4) is 0 Å². The van der Waals surface area contributed by atoms with Crippen LogP contribution in [-0.4, -0.2) is 24.6 Å². The lowest BCUT2D eigenvalue weighted by molar-refractivity contribution is -0.120. The number of benzene rings is 1. The van der Waals surface area contributed by atoms with E-state index in [0.29, 0.717) is 13.0 Å². The number of halogens is 1. The topological polar surface area (TPSA) is 67.4 Å². The summed E-state index contributed by atoms with van der Waals surface area (Å²) in [6, 6.07) is 8.93. The fraction of sp³-hybridized carbons (Fsp3) is 0.333. The maximum atomic E-state index is 11.4. The van der Waals surface area contributed by atoms with Gasteiger partial charge >= 0.3 is 6.09 Å². The molecular weight excluding hydrogens is 256 g/mol. The molecule has 1 aliphatic rings. The van der Waals surface area contributed by atoms with Crippen LogP contribution in [0, 0.1) is 0 Å². The quantitative estimate of drug-likeness (QED) is 0.868. The van der Waals surface area contributed by atoms with Gasteiger partial charge in [0, 0.05) is 6.54 Å². The number of alkyl carbamates (subject to hydrolysis) is 1. The highest BCUT2D eigenvalue weighted by atomic mass is 35.5. The molecule has 1 aromatic rings. The number of carbonyl (C=O) groups excluding carboxylic acids is 2. The van der Waals surface area contributed by atoms with E-state index < -0.39 is 12.1 Å². The molecule has 0 saturated carbocycles. The highest BCUT2D eigenvalue weighted by Gasteiger charge is 2.25. The van der Waals surface area contributed by atoms with Crippen LogP contribution in [0.4, 0.5) is 4.79 Å². The summed E-state index contributed by atoms with van der Waals surface area (Å²) in [6.07, 6.45) is 0.0510. The van der Waals surface area contributed by atoms with Gasteiger partial charge in [-0.25, -0.2) is 4.79 Å². The fourth-order valence-electron chi connectivity index (χ4n) is 1.64. The van der Waals surface area contributed by atoms with Crippen LogP contribution in [0.15, 0.2) is 30.3 Å². The van der Waals surface area contributed by atoms with Gasteiger partial charge < -0.3 is 15.4 Å². The molecule has 1 aromatic carbocycles. The smallest absolute Gasteiger partial charge is 0.408 e. The second-order valence-corrected chi connectivity index (χ2v) is 3.84. The number of ether oxygens (including phenoxy) is 1. The van der Waals surface area contributed by atoms with Crippen molar-refractivity contribution >= 4 is 24.4 Å². The molecule has 0 unspecified atom stereocenters. The summed E-state index contributed by atoms with van der Waals surface area (Å²) >= 11 is 0. The van der Waals surface area contributed by atoms with Crippen LogP contribution >= 0.6 is 12.4 Å². The Morgan fingerprint density at radius 1 is 1.39 bits per heavy atom. The molecule has 2 rings (SSSR count). The van der Waals surface area contributed by atoms with E-state index in [1.807, 2.05) is 30.3 Å². The minimum absolute atomic E-state index is 0. The van der Waals surface area contributed by atoms with Gasteiger partial charge in [0.05, 0.1) is 0 Å².